The first-order valence-electron chi connectivity index (χ1n) is 4.94. The number of halogens is 3. The summed E-state index contributed by atoms with van der Waals surface area (Å²) in [4.78, 5) is 0. The number of nitrogens with one attached hydrogen (secondary N) is 1. The highest BCUT2D eigenvalue weighted by molar-refractivity contribution is 5.33. The van der Waals surface area contributed by atoms with Crippen LogP contribution in [-0.2, 0) is 6.54 Å². The molecule has 1 aromatic rings. The van der Waals surface area contributed by atoms with Crippen LogP contribution in [0.3, 0.4) is 0 Å². The van der Waals surface area contributed by atoms with Gasteiger partial charge >= 0.3 is 6.36 Å². The van der Waals surface area contributed by atoms with E-state index in [0.29, 0.717) is 18.5 Å². The van der Waals surface area contributed by atoms with E-state index in [1.54, 1.807) is 12.1 Å². The Labute approximate surface area is 96.8 Å². The third kappa shape index (κ3) is 5.22. The van der Waals surface area contributed by atoms with Crippen LogP contribution in [0.4, 0.5) is 13.2 Å². The van der Waals surface area contributed by atoms with Gasteiger partial charge in [0.05, 0.1) is 6.07 Å². The molecule has 0 saturated heterocycles. The minimum Gasteiger partial charge on any atom is -0.405 e. The highest BCUT2D eigenvalue weighted by Crippen LogP contribution is 2.25. The Morgan fingerprint density at radius 3 is 2.65 bits per heavy atom. The maximum Gasteiger partial charge on any atom is 0.573 e. The molecule has 6 heteroatoms. The average Bonchev–Trinajstić information content (AvgIpc) is 2.24. The first kappa shape index (κ1) is 13.3. The van der Waals surface area contributed by atoms with Crippen LogP contribution < -0.4 is 10.1 Å². The van der Waals surface area contributed by atoms with Crippen molar-refractivity contribution in [2.45, 2.75) is 19.3 Å². The zero-order valence-corrected chi connectivity index (χ0v) is 8.92. The number of para-hydroxylation sites is 1. The van der Waals surface area contributed by atoms with Gasteiger partial charge in [-0.25, -0.2) is 0 Å². The molecule has 0 unspecified atom stereocenters. The molecule has 0 fully saturated rings. The van der Waals surface area contributed by atoms with E-state index < -0.39 is 6.36 Å². The van der Waals surface area contributed by atoms with E-state index in [9.17, 15) is 13.2 Å². The fourth-order valence-corrected chi connectivity index (χ4v) is 1.24. The molecule has 0 heterocycles. The summed E-state index contributed by atoms with van der Waals surface area (Å²) in [6.07, 6.45) is -4.38. The number of rotatable bonds is 5. The lowest BCUT2D eigenvalue weighted by Crippen LogP contribution is -2.20. The summed E-state index contributed by atoms with van der Waals surface area (Å²) in [6.45, 7) is 0.658. The van der Waals surface area contributed by atoms with Crippen LogP contribution in [0, 0.1) is 11.3 Å². The van der Waals surface area contributed by atoms with Crippen LogP contribution in [0.25, 0.3) is 0 Å². The first-order valence-corrected chi connectivity index (χ1v) is 4.94. The van der Waals surface area contributed by atoms with Gasteiger partial charge in [-0.3, -0.25) is 0 Å². The summed E-state index contributed by atoms with van der Waals surface area (Å²) in [7, 11) is 0. The largest absolute Gasteiger partial charge is 0.573 e. The van der Waals surface area contributed by atoms with Gasteiger partial charge in [-0.1, -0.05) is 18.2 Å². The van der Waals surface area contributed by atoms with Crippen molar-refractivity contribution >= 4 is 0 Å². The molecule has 3 nitrogen and oxygen atoms in total. The van der Waals surface area contributed by atoms with Gasteiger partial charge in [-0.05, 0) is 6.07 Å². The van der Waals surface area contributed by atoms with Gasteiger partial charge in [0, 0.05) is 25.1 Å². The van der Waals surface area contributed by atoms with Crippen molar-refractivity contribution in [1.29, 1.82) is 5.26 Å². The van der Waals surface area contributed by atoms with Crippen LogP contribution in [0.1, 0.15) is 12.0 Å². The monoisotopic (exact) mass is 244 g/mol. The summed E-state index contributed by atoms with van der Waals surface area (Å²) >= 11 is 0. The predicted molar refractivity (Wildman–Crippen MR) is 55.1 cm³/mol. The van der Waals surface area contributed by atoms with Crippen molar-refractivity contribution in [2.75, 3.05) is 6.54 Å². The van der Waals surface area contributed by atoms with E-state index >= 15 is 0 Å². The molecule has 92 valence electrons. The normalized spacial score (nSPS) is 10.9. The molecule has 0 bridgehead atoms. The summed E-state index contributed by atoms with van der Waals surface area (Å²) in [5, 5.41) is 11.2. The zero-order chi connectivity index (χ0) is 12.7. The molecule has 0 saturated carbocycles. The summed E-state index contributed by atoms with van der Waals surface area (Å²) in [6, 6.07) is 7.84. The number of nitrogens with zero attached hydrogens (tertiary/aromatic N) is 1. The minimum atomic E-state index is -4.69. The second-order valence-corrected chi connectivity index (χ2v) is 3.24. The van der Waals surface area contributed by atoms with E-state index in [4.69, 9.17) is 5.26 Å². The molecule has 0 aliphatic heterocycles. The van der Waals surface area contributed by atoms with Crippen LogP contribution in [0.15, 0.2) is 24.3 Å². The Morgan fingerprint density at radius 2 is 2.00 bits per heavy atom. The maximum absolute atomic E-state index is 12.1. The minimum absolute atomic E-state index is 0.218. The number of hydrogen-bond donors (Lipinski definition) is 1. The van der Waals surface area contributed by atoms with E-state index in [1.807, 2.05) is 6.07 Å². The van der Waals surface area contributed by atoms with Crippen molar-refractivity contribution in [3.8, 4) is 11.8 Å². The van der Waals surface area contributed by atoms with Gasteiger partial charge in [-0.2, -0.15) is 5.26 Å². The second-order valence-electron chi connectivity index (χ2n) is 3.24. The zero-order valence-electron chi connectivity index (χ0n) is 8.92. The summed E-state index contributed by atoms with van der Waals surface area (Å²) in [5.74, 6) is -0.218. The van der Waals surface area contributed by atoms with Gasteiger partial charge in [0.15, 0.2) is 0 Å². The Kier molecular flexibility index (Phi) is 4.79. The smallest absolute Gasteiger partial charge is 0.405 e. The van der Waals surface area contributed by atoms with Gasteiger partial charge in [0.2, 0.25) is 0 Å². The van der Waals surface area contributed by atoms with Gasteiger partial charge in [0.1, 0.15) is 5.75 Å². The Hall–Kier alpha value is -1.74. The summed E-state index contributed by atoms with van der Waals surface area (Å²) in [5.41, 5.74) is 0.405. The molecule has 1 rings (SSSR count). The predicted octanol–water partition coefficient (Wildman–Crippen LogP) is 2.59. The third-order valence-electron chi connectivity index (χ3n) is 1.93. The van der Waals surface area contributed by atoms with Gasteiger partial charge in [0.25, 0.3) is 0 Å². The van der Waals surface area contributed by atoms with Crippen LogP contribution in [0.2, 0.25) is 0 Å². The highest BCUT2D eigenvalue weighted by Gasteiger charge is 2.31. The molecule has 0 amide bonds. The van der Waals surface area contributed by atoms with Crippen molar-refractivity contribution in [3.63, 3.8) is 0 Å². The molecular weight excluding hydrogens is 233 g/mol. The molecule has 1 N–H and O–H groups in total. The molecule has 0 spiro atoms. The summed E-state index contributed by atoms with van der Waals surface area (Å²) < 4.78 is 40.1. The van der Waals surface area contributed by atoms with Gasteiger partial charge < -0.3 is 10.1 Å². The van der Waals surface area contributed by atoms with Crippen molar-refractivity contribution in [3.05, 3.63) is 29.8 Å². The van der Waals surface area contributed by atoms with Crippen LogP contribution in [-0.4, -0.2) is 12.9 Å². The molecular formula is C11H11F3N2O. The van der Waals surface area contributed by atoms with Gasteiger partial charge in [-0.15, -0.1) is 13.2 Å². The van der Waals surface area contributed by atoms with Crippen molar-refractivity contribution in [2.24, 2.45) is 0 Å². The van der Waals surface area contributed by atoms with E-state index in [-0.39, 0.29) is 12.3 Å². The fourth-order valence-electron chi connectivity index (χ4n) is 1.24. The lowest BCUT2D eigenvalue weighted by atomic mass is 10.2. The van der Waals surface area contributed by atoms with Crippen molar-refractivity contribution < 1.29 is 17.9 Å². The second kappa shape index (κ2) is 6.11. The quantitative estimate of drug-likeness (QED) is 0.810. The highest BCUT2D eigenvalue weighted by atomic mass is 19.4. The number of ether oxygens (including phenoxy) is 1. The van der Waals surface area contributed by atoms with E-state index in [0.717, 1.165) is 0 Å². The lowest BCUT2D eigenvalue weighted by molar-refractivity contribution is -0.274. The topological polar surface area (TPSA) is 45.0 Å². The van der Waals surface area contributed by atoms with E-state index in [1.165, 1.54) is 12.1 Å². The molecule has 1 aromatic carbocycles. The van der Waals surface area contributed by atoms with Crippen LogP contribution >= 0.6 is 0 Å². The number of hydrogen-bond acceptors (Lipinski definition) is 3. The maximum atomic E-state index is 12.1. The average molecular weight is 244 g/mol. The Bertz CT molecular complexity index is 398. The molecule has 0 aliphatic carbocycles. The SMILES string of the molecule is N#CCCNCc1ccccc1OC(F)(F)F. The molecule has 0 atom stereocenters. The molecule has 0 aromatic heterocycles. The fraction of sp³-hybridized carbons (Fsp3) is 0.364. The lowest BCUT2D eigenvalue weighted by Gasteiger charge is -2.13. The van der Waals surface area contributed by atoms with E-state index in [2.05, 4.69) is 10.1 Å². The first-order chi connectivity index (χ1) is 8.03. The Balaban J connectivity index is 2.62. The molecule has 0 aliphatic rings. The molecule has 0 radical (unpaired) electrons. The van der Waals surface area contributed by atoms with Crippen LogP contribution in [0.5, 0.6) is 5.75 Å². The molecule has 17 heavy (non-hydrogen) atoms. The standard InChI is InChI=1S/C11H11F3N2O/c12-11(13,14)17-10-5-2-1-4-9(10)8-16-7-3-6-15/h1-2,4-5,16H,3,7-8H2. The number of alkyl halides is 3. The Morgan fingerprint density at radius 1 is 1.29 bits per heavy atom. The van der Waals surface area contributed by atoms with Crippen molar-refractivity contribution in [1.82, 2.24) is 5.32 Å². The third-order valence-corrected chi connectivity index (χ3v) is 1.93. The number of benzene rings is 1. The number of nitriles is 1.